The Morgan fingerprint density at radius 1 is 1.33 bits per heavy atom. The summed E-state index contributed by atoms with van der Waals surface area (Å²) in [5, 5.41) is 0. The van der Waals surface area contributed by atoms with E-state index in [2.05, 4.69) is 15.6 Å². The lowest BCUT2D eigenvalue weighted by molar-refractivity contribution is 0.0532. The summed E-state index contributed by atoms with van der Waals surface area (Å²) >= 11 is 6.04. The average molecular weight is 309 g/mol. The van der Waals surface area contributed by atoms with Crippen LogP contribution in [-0.2, 0) is 17.2 Å². The minimum Gasteiger partial charge on any atom is -0.494 e. The molecule has 1 heterocycles. The van der Waals surface area contributed by atoms with Crippen LogP contribution >= 0.6 is 11.6 Å². The number of ether oxygens (including phenoxy) is 2. The number of rotatable bonds is 6. The largest absolute Gasteiger partial charge is 0.494 e. The van der Waals surface area contributed by atoms with E-state index in [-0.39, 0.29) is 0 Å². The third kappa shape index (κ3) is 3.01. The van der Waals surface area contributed by atoms with Crippen LogP contribution in [-0.4, -0.2) is 29.4 Å². The first-order valence-electron chi connectivity index (χ1n) is 7.53. The van der Waals surface area contributed by atoms with Gasteiger partial charge in [-0.05, 0) is 25.0 Å². The van der Waals surface area contributed by atoms with Crippen LogP contribution in [0, 0.1) is 0 Å². The van der Waals surface area contributed by atoms with Gasteiger partial charge in [0.25, 0.3) is 0 Å². The second kappa shape index (κ2) is 6.67. The maximum Gasteiger partial charge on any atom is 0.146 e. The zero-order valence-corrected chi connectivity index (χ0v) is 13.1. The summed E-state index contributed by atoms with van der Waals surface area (Å²) in [6, 6.07) is 5.96. The molecule has 2 aromatic rings. The SMILES string of the molecule is COc1cccc2c1nc(CCl)n2CCOC1CCCC1. The van der Waals surface area contributed by atoms with Crippen LogP contribution in [0.5, 0.6) is 5.75 Å². The zero-order valence-electron chi connectivity index (χ0n) is 12.3. The number of methoxy groups -OCH3 is 1. The van der Waals surface area contributed by atoms with Crippen molar-refractivity contribution < 1.29 is 9.47 Å². The third-order valence-corrected chi connectivity index (χ3v) is 4.37. The van der Waals surface area contributed by atoms with Crippen molar-refractivity contribution in [2.24, 2.45) is 0 Å². The van der Waals surface area contributed by atoms with E-state index in [1.54, 1.807) is 7.11 Å². The number of hydrogen-bond acceptors (Lipinski definition) is 3. The first kappa shape index (κ1) is 14.7. The van der Waals surface area contributed by atoms with Gasteiger partial charge in [-0.25, -0.2) is 4.98 Å². The molecule has 0 radical (unpaired) electrons. The molecule has 1 fully saturated rings. The van der Waals surface area contributed by atoms with Gasteiger partial charge in [0.15, 0.2) is 0 Å². The van der Waals surface area contributed by atoms with Gasteiger partial charge in [0.05, 0.1) is 31.2 Å². The molecule has 3 rings (SSSR count). The second-order valence-corrected chi connectivity index (χ2v) is 5.69. The van der Waals surface area contributed by atoms with Crippen molar-refractivity contribution in [1.82, 2.24) is 9.55 Å². The summed E-state index contributed by atoms with van der Waals surface area (Å²) in [5.74, 6) is 2.04. The molecule has 1 aliphatic rings. The normalized spacial score (nSPS) is 15.9. The highest BCUT2D eigenvalue weighted by atomic mass is 35.5. The van der Waals surface area contributed by atoms with Crippen molar-refractivity contribution in [2.75, 3.05) is 13.7 Å². The molecule has 0 N–H and O–H groups in total. The summed E-state index contributed by atoms with van der Waals surface area (Å²) in [4.78, 5) is 4.60. The Balaban J connectivity index is 1.79. The van der Waals surface area contributed by atoms with E-state index in [0.717, 1.165) is 29.2 Å². The molecule has 0 aliphatic heterocycles. The molecule has 0 unspecified atom stereocenters. The molecule has 1 aromatic heterocycles. The van der Waals surface area contributed by atoms with Crippen LogP contribution in [0.2, 0.25) is 0 Å². The Bertz CT molecular complexity index is 606. The summed E-state index contributed by atoms with van der Waals surface area (Å²) < 4.78 is 13.5. The first-order valence-corrected chi connectivity index (χ1v) is 8.06. The van der Waals surface area contributed by atoms with E-state index in [1.807, 2.05) is 12.1 Å². The molecule has 114 valence electrons. The number of alkyl halides is 1. The van der Waals surface area contributed by atoms with Gasteiger partial charge in [-0.3, -0.25) is 0 Å². The van der Waals surface area contributed by atoms with Crippen LogP contribution in [0.25, 0.3) is 11.0 Å². The topological polar surface area (TPSA) is 36.3 Å². The van der Waals surface area contributed by atoms with Gasteiger partial charge < -0.3 is 14.0 Å². The molecule has 1 aromatic carbocycles. The quantitative estimate of drug-likeness (QED) is 0.763. The monoisotopic (exact) mass is 308 g/mol. The van der Waals surface area contributed by atoms with Gasteiger partial charge in [-0.1, -0.05) is 18.9 Å². The third-order valence-electron chi connectivity index (χ3n) is 4.13. The van der Waals surface area contributed by atoms with E-state index in [9.17, 15) is 0 Å². The summed E-state index contributed by atoms with van der Waals surface area (Å²) in [6.45, 7) is 1.49. The van der Waals surface area contributed by atoms with E-state index >= 15 is 0 Å². The molecule has 0 bridgehead atoms. The molecule has 0 saturated heterocycles. The standard InChI is InChI=1S/C16H21ClN2O2/c1-20-14-8-4-7-13-16(14)18-15(11-17)19(13)9-10-21-12-5-2-3-6-12/h4,7-8,12H,2-3,5-6,9-11H2,1H3. The van der Waals surface area contributed by atoms with Crippen molar-refractivity contribution in [1.29, 1.82) is 0 Å². The van der Waals surface area contributed by atoms with Crippen LogP contribution in [0.1, 0.15) is 31.5 Å². The van der Waals surface area contributed by atoms with E-state index < -0.39 is 0 Å². The Morgan fingerprint density at radius 3 is 2.86 bits per heavy atom. The van der Waals surface area contributed by atoms with Gasteiger partial charge in [-0.2, -0.15) is 0 Å². The molecule has 5 heteroatoms. The molecule has 0 atom stereocenters. The van der Waals surface area contributed by atoms with Gasteiger partial charge in [0, 0.05) is 6.54 Å². The fraction of sp³-hybridized carbons (Fsp3) is 0.562. The fourth-order valence-electron chi connectivity index (χ4n) is 3.05. The maximum atomic E-state index is 6.04. The Hall–Kier alpha value is -1.26. The number of fused-ring (bicyclic) bond motifs is 1. The minimum atomic E-state index is 0.390. The van der Waals surface area contributed by atoms with Crippen molar-refractivity contribution >= 4 is 22.6 Å². The number of imidazole rings is 1. The molecule has 1 saturated carbocycles. The first-order chi connectivity index (χ1) is 10.3. The van der Waals surface area contributed by atoms with Crippen LogP contribution in [0.15, 0.2) is 18.2 Å². The van der Waals surface area contributed by atoms with Gasteiger partial charge >= 0.3 is 0 Å². The van der Waals surface area contributed by atoms with Crippen LogP contribution < -0.4 is 4.74 Å². The number of aromatic nitrogens is 2. The van der Waals surface area contributed by atoms with Crippen molar-refractivity contribution in [2.45, 2.75) is 44.2 Å². The maximum absolute atomic E-state index is 6.04. The van der Waals surface area contributed by atoms with Crippen molar-refractivity contribution in [3.05, 3.63) is 24.0 Å². The van der Waals surface area contributed by atoms with E-state index in [1.165, 1.54) is 25.7 Å². The number of nitrogens with zero attached hydrogens (tertiary/aromatic N) is 2. The van der Waals surface area contributed by atoms with E-state index in [0.29, 0.717) is 18.6 Å². The minimum absolute atomic E-state index is 0.390. The summed E-state index contributed by atoms with van der Waals surface area (Å²) in [5.41, 5.74) is 1.93. The van der Waals surface area contributed by atoms with Gasteiger partial charge in [-0.15, -0.1) is 11.6 Å². The molecule has 0 amide bonds. The van der Waals surface area contributed by atoms with E-state index in [4.69, 9.17) is 21.1 Å². The number of benzene rings is 1. The highest BCUT2D eigenvalue weighted by molar-refractivity contribution is 6.16. The molecule has 4 nitrogen and oxygen atoms in total. The molecule has 21 heavy (non-hydrogen) atoms. The number of hydrogen-bond donors (Lipinski definition) is 0. The molecule has 1 aliphatic carbocycles. The van der Waals surface area contributed by atoms with Crippen molar-refractivity contribution in [3.8, 4) is 5.75 Å². The molecule has 0 spiro atoms. The van der Waals surface area contributed by atoms with Gasteiger partial charge in [0.2, 0.25) is 0 Å². The highest BCUT2D eigenvalue weighted by Crippen LogP contribution is 2.27. The lowest BCUT2D eigenvalue weighted by Gasteiger charge is -2.13. The summed E-state index contributed by atoms with van der Waals surface area (Å²) in [6.07, 6.45) is 5.42. The Morgan fingerprint density at radius 2 is 2.14 bits per heavy atom. The fourth-order valence-corrected chi connectivity index (χ4v) is 3.26. The second-order valence-electron chi connectivity index (χ2n) is 5.42. The summed E-state index contributed by atoms with van der Waals surface area (Å²) in [7, 11) is 1.66. The van der Waals surface area contributed by atoms with Gasteiger partial charge in [0.1, 0.15) is 17.1 Å². The Labute approximate surface area is 130 Å². The number of halogens is 1. The lowest BCUT2D eigenvalue weighted by Crippen LogP contribution is -2.14. The highest BCUT2D eigenvalue weighted by Gasteiger charge is 2.17. The van der Waals surface area contributed by atoms with Crippen molar-refractivity contribution in [3.63, 3.8) is 0 Å². The molecular weight excluding hydrogens is 288 g/mol. The number of para-hydroxylation sites is 1. The smallest absolute Gasteiger partial charge is 0.146 e. The average Bonchev–Trinajstić information content (AvgIpc) is 3.14. The lowest BCUT2D eigenvalue weighted by atomic mass is 10.3. The Kier molecular flexibility index (Phi) is 4.66. The predicted octanol–water partition coefficient (Wildman–Crippen LogP) is 3.74. The van der Waals surface area contributed by atoms with Crippen LogP contribution in [0.4, 0.5) is 0 Å². The zero-order chi connectivity index (χ0) is 14.7. The predicted molar refractivity (Wildman–Crippen MR) is 84.1 cm³/mol. The molecular formula is C16H21ClN2O2. The van der Waals surface area contributed by atoms with Crippen LogP contribution in [0.3, 0.4) is 0 Å².